The van der Waals surface area contributed by atoms with Crippen molar-refractivity contribution < 1.29 is 9.59 Å². The maximum atomic E-state index is 11.8. The van der Waals surface area contributed by atoms with Crippen LogP contribution in [0, 0.1) is 0 Å². The van der Waals surface area contributed by atoms with Gasteiger partial charge in [0.2, 0.25) is 0 Å². The smallest absolute Gasteiger partial charge is 0.282 e. The van der Waals surface area contributed by atoms with E-state index in [9.17, 15) is 9.59 Å². The van der Waals surface area contributed by atoms with E-state index in [1.165, 1.54) is 0 Å². The van der Waals surface area contributed by atoms with Crippen molar-refractivity contribution in [2.45, 2.75) is 6.92 Å². The lowest BCUT2D eigenvalue weighted by atomic mass is 9.99. The van der Waals surface area contributed by atoms with Gasteiger partial charge in [0.1, 0.15) is 0 Å². The summed E-state index contributed by atoms with van der Waals surface area (Å²) in [6.07, 6.45) is 0. The lowest BCUT2D eigenvalue weighted by Gasteiger charge is -2.08. The molecule has 0 bridgehead atoms. The van der Waals surface area contributed by atoms with E-state index in [1.54, 1.807) is 0 Å². The largest absolute Gasteiger partial charge is 0.290 e. The Morgan fingerprint density at radius 1 is 1.09 bits per heavy atom. The molecule has 0 spiro atoms. The molecule has 0 aliphatic carbocycles. The first-order valence-electron chi connectivity index (χ1n) is 6.65. The molecule has 0 radical (unpaired) electrons. The lowest BCUT2D eigenvalue weighted by molar-refractivity contribution is -0.115. The Morgan fingerprint density at radius 3 is 2.55 bits per heavy atom. The number of benzene rings is 2. The number of amides is 2. The van der Waals surface area contributed by atoms with Gasteiger partial charge in [-0.3, -0.25) is 14.9 Å². The highest BCUT2D eigenvalue weighted by Crippen LogP contribution is 2.34. The van der Waals surface area contributed by atoms with E-state index in [2.05, 4.69) is 5.32 Å². The predicted molar refractivity (Wildman–Crippen MR) is 90.6 cm³/mol. The van der Waals surface area contributed by atoms with Crippen molar-refractivity contribution in [2.75, 3.05) is 0 Å². The molecule has 3 nitrogen and oxygen atoms in total. The van der Waals surface area contributed by atoms with E-state index < -0.39 is 0 Å². The van der Waals surface area contributed by atoms with Crippen LogP contribution in [0.5, 0.6) is 0 Å². The number of imide groups is 1. The van der Waals surface area contributed by atoms with Gasteiger partial charge in [-0.25, -0.2) is 0 Å². The van der Waals surface area contributed by atoms with Crippen LogP contribution in [0.3, 0.4) is 0 Å². The van der Waals surface area contributed by atoms with Crippen molar-refractivity contribution in [2.24, 2.45) is 0 Å². The number of rotatable bonds is 2. The second-order valence-corrected chi connectivity index (χ2v) is 6.25. The zero-order valence-corrected chi connectivity index (χ0v) is 13.3. The Hall–Kier alpha value is -2.04. The standard InChI is InChI=1S/C17H12ClNO2S/c1-10(15-16(20)19-17(21)22-15)11-5-4-6-12(9-11)13-7-2-3-8-14(13)18/h2-9H,1H3,(H,19,20,21). The molecule has 1 aliphatic rings. The molecular weight excluding hydrogens is 318 g/mol. The highest BCUT2D eigenvalue weighted by atomic mass is 35.5. The lowest BCUT2D eigenvalue weighted by Crippen LogP contribution is -2.18. The fourth-order valence-electron chi connectivity index (χ4n) is 2.31. The van der Waals surface area contributed by atoms with Gasteiger partial charge in [-0.15, -0.1) is 0 Å². The SMILES string of the molecule is CC(=C1SC(=O)NC1=O)c1cccc(-c2ccccc2Cl)c1. The Bertz CT molecular complexity index is 814. The van der Waals surface area contributed by atoms with Crippen LogP contribution >= 0.6 is 23.4 Å². The highest BCUT2D eigenvalue weighted by Gasteiger charge is 2.27. The summed E-state index contributed by atoms with van der Waals surface area (Å²) in [7, 11) is 0. The molecule has 2 aromatic rings. The summed E-state index contributed by atoms with van der Waals surface area (Å²) in [5, 5.41) is 2.62. The van der Waals surface area contributed by atoms with Gasteiger partial charge in [0.15, 0.2) is 0 Å². The van der Waals surface area contributed by atoms with E-state index >= 15 is 0 Å². The van der Waals surface area contributed by atoms with Crippen molar-refractivity contribution >= 4 is 40.1 Å². The van der Waals surface area contributed by atoms with Crippen LogP contribution in [0.4, 0.5) is 4.79 Å². The number of halogens is 1. The minimum absolute atomic E-state index is 0.332. The third-order valence-electron chi connectivity index (χ3n) is 3.44. The fourth-order valence-corrected chi connectivity index (χ4v) is 3.30. The average Bonchev–Trinajstić information content (AvgIpc) is 2.86. The maximum absolute atomic E-state index is 11.8. The summed E-state index contributed by atoms with van der Waals surface area (Å²) in [5.41, 5.74) is 3.58. The molecule has 1 aliphatic heterocycles. The number of nitrogens with one attached hydrogen (secondary N) is 1. The van der Waals surface area contributed by atoms with Crippen LogP contribution in [0.1, 0.15) is 12.5 Å². The molecule has 0 atom stereocenters. The van der Waals surface area contributed by atoms with Gasteiger partial charge in [-0.1, -0.05) is 48.0 Å². The zero-order valence-electron chi connectivity index (χ0n) is 11.7. The second kappa shape index (κ2) is 5.99. The van der Waals surface area contributed by atoms with Crippen molar-refractivity contribution in [3.8, 4) is 11.1 Å². The Morgan fingerprint density at radius 2 is 1.86 bits per heavy atom. The number of hydrogen-bond acceptors (Lipinski definition) is 3. The quantitative estimate of drug-likeness (QED) is 0.811. The fraction of sp³-hybridized carbons (Fsp3) is 0.0588. The van der Waals surface area contributed by atoms with Crippen molar-refractivity contribution in [3.05, 3.63) is 64.0 Å². The van der Waals surface area contributed by atoms with Gasteiger partial charge in [0.05, 0.1) is 4.91 Å². The predicted octanol–water partition coefficient (Wildman–Crippen LogP) is 4.72. The molecule has 1 heterocycles. The first-order chi connectivity index (χ1) is 10.6. The molecular formula is C17H12ClNO2S. The summed E-state index contributed by atoms with van der Waals surface area (Å²) >= 11 is 7.17. The number of allylic oxidation sites excluding steroid dienone is 1. The van der Waals surface area contributed by atoms with Crippen LogP contribution < -0.4 is 5.32 Å². The molecule has 1 saturated heterocycles. The van der Waals surface area contributed by atoms with E-state index in [0.717, 1.165) is 34.0 Å². The maximum Gasteiger partial charge on any atom is 0.290 e. The summed E-state index contributed by atoms with van der Waals surface area (Å²) in [4.78, 5) is 23.5. The summed E-state index contributed by atoms with van der Waals surface area (Å²) < 4.78 is 0. The van der Waals surface area contributed by atoms with Crippen LogP contribution in [-0.2, 0) is 4.79 Å². The highest BCUT2D eigenvalue weighted by molar-refractivity contribution is 8.18. The molecule has 1 N–H and O–H groups in total. The van der Waals surface area contributed by atoms with Crippen LogP contribution in [-0.4, -0.2) is 11.1 Å². The topological polar surface area (TPSA) is 46.2 Å². The summed E-state index contributed by atoms with van der Waals surface area (Å²) in [6, 6.07) is 15.4. The minimum Gasteiger partial charge on any atom is -0.282 e. The number of carbonyl (C=O) groups excluding carboxylic acids is 2. The van der Waals surface area contributed by atoms with Gasteiger partial charge in [0, 0.05) is 10.6 Å². The van der Waals surface area contributed by atoms with Crippen LogP contribution in [0.2, 0.25) is 5.02 Å². The van der Waals surface area contributed by atoms with Crippen LogP contribution in [0.25, 0.3) is 16.7 Å². The molecule has 5 heteroatoms. The van der Waals surface area contributed by atoms with E-state index in [-0.39, 0.29) is 11.1 Å². The normalized spacial score (nSPS) is 16.6. The molecule has 22 heavy (non-hydrogen) atoms. The third kappa shape index (κ3) is 2.80. The number of thioether (sulfide) groups is 1. The molecule has 0 unspecified atom stereocenters. The molecule has 0 aromatic heterocycles. The third-order valence-corrected chi connectivity index (χ3v) is 4.75. The molecule has 2 aromatic carbocycles. The first kappa shape index (κ1) is 14.9. The van der Waals surface area contributed by atoms with Crippen molar-refractivity contribution in [3.63, 3.8) is 0 Å². The van der Waals surface area contributed by atoms with Gasteiger partial charge < -0.3 is 0 Å². The Labute approximate surface area is 137 Å². The monoisotopic (exact) mass is 329 g/mol. The molecule has 1 fully saturated rings. The molecule has 2 amide bonds. The van der Waals surface area contributed by atoms with Gasteiger partial charge in [0.25, 0.3) is 11.1 Å². The van der Waals surface area contributed by atoms with E-state index in [4.69, 9.17) is 11.6 Å². The van der Waals surface area contributed by atoms with Gasteiger partial charge >= 0.3 is 0 Å². The minimum atomic E-state index is -0.337. The number of hydrogen-bond donors (Lipinski definition) is 1. The first-order valence-corrected chi connectivity index (χ1v) is 7.85. The second-order valence-electron chi connectivity index (χ2n) is 4.86. The van der Waals surface area contributed by atoms with Crippen molar-refractivity contribution in [1.29, 1.82) is 0 Å². The Kier molecular flexibility index (Phi) is 4.05. The molecule has 0 saturated carbocycles. The Balaban J connectivity index is 2.06. The van der Waals surface area contributed by atoms with E-state index in [1.807, 2.05) is 55.5 Å². The molecule has 110 valence electrons. The van der Waals surface area contributed by atoms with Gasteiger partial charge in [-0.05, 0) is 47.5 Å². The van der Waals surface area contributed by atoms with Crippen molar-refractivity contribution in [1.82, 2.24) is 5.32 Å². The summed E-state index contributed by atoms with van der Waals surface area (Å²) in [5.74, 6) is -0.337. The number of carbonyl (C=O) groups is 2. The van der Waals surface area contributed by atoms with E-state index in [0.29, 0.717) is 9.93 Å². The average molecular weight is 330 g/mol. The van der Waals surface area contributed by atoms with Crippen LogP contribution in [0.15, 0.2) is 53.4 Å². The van der Waals surface area contributed by atoms with Gasteiger partial charge in [-0.2, -0.15) is 0 Å². The molecule has 3 rings (SSSR count). The summed E-state index contributed by atoms with van der Waals surface area (Å²) in [6.45, 7) is 1.84. The zero-order chi connectivity index (χ0) is 15.7.